The highest BCUT2D eigenvalue weighted by atomic mass is 35.5. The Bertz CT molecular complexity index is 1880. The molecule has 0 aliphatic rings. The number of amides is 2. The van der Waals surface area contributed by atoms with Crippen LogP contribution in [0.2, 0.25) is 10.0 Å². The van der Waals surface area contributed by atoms with Crippen LogP contribution >= 0.6 is 23.2 Å². The van der Waals surface area contributed by atoms with Crippen molar-refractivity contribution in [3.63, 3.8) is 0 Å². The molecule has 0 saturated heterocycles. The van der Waals surface area contributed by atoms with Crippen molar-refractivity contribution in [3.8, 4) is 11.5 Å². The van der Waals surface area contributed by atoms with Crippen LogP contribution in [0.15, 0.2) is 89.8 Å². The van der Waals surface area contributed by atoms with Gasteiger partial charge >= 0.3 is 0 Å². The molecule has 4 rings (SSSR count). The third-order valence-corrected chi connectivity index (χ3v) is 10.9. The lowest BCUT2D eigenvalue weighted by atomic mass is 10.0. The van der Waals surface area contributed by atoms with Crippen molar-refractivity contribution in [1.29, 1.82) is 0 Å². The predicted octanol–water partition coefficient (Wildman–Crippen LogP) is 7.38. The van der Waals surface area contributed by atoms with Crippen LogP contribution in [0.1, 0.15) is 42.5 Å². The Morgan fingerprint density at radius 2 is 1.46 bits per heavy atom. The number of nitrogens with zero attached hydrogens (tertiary/aromatic N) is 2. The summed E-state index contributed by atoms with van der Waals surface area (Å²) in [5.41, 5.74) is 3.12. The number of methoxy groups -OCH3 is 2. The van der Waals surface area contributed by atoms with E-state index in [1.807, 2.05) is 64.1 Å². The number of ether oxygens (including phenoxy) is 2. The Kier molecular flexibility index (Phi) is 13.2. The molecule has 0 fully saturated rings. The first-order valence-corrected chi connectivity index (χ1v) is 18.4. The van der Waals surface area contributed by atoms with Gasteiger partial charge in [0.05, 0.1) is 24.8 Å². The fraction of sp³-hybridized carbons (Fsp3) is 0.316. The molecule has 2 atom stereocenters. The Morgan fingerprint density at radius 1 is 0.840 bits per heavy atom. The highest BCUT2D eigenvalue weighted by Crippen LogP contribution is 2.34. The van der Waals surface area contributed by atoms with Crippen molar-refractivity contribution in [2.24, 2.45) is 0 Å². The average molecular weight is 741 g/mol. The van der Waals surface area contributed by atoms with E-state index < -0.39 is 28.5 Å². The van der Waals surface area contributed by atoms with Crippen LogP contribution in [-0.2, 0) is 32.6 Å². The lowest BCUT2D eigenvalue weighted by Crippen LogP contribution is -2.54. The number of halogens is 2. The number of hydrogen-bond donors (Lipinski definition) is 1. The highest BCUT2D eigenvalue weighted by molar-refractivity contribution is 7.92. The summed E-state index contributed by atoms with van der Waals surface area (Å²) < 4.78 is 40.9. The quantitative estimate of drug-likeness (QED) is 0.137. The number of carbonyl (C=O) groups is 2. The number of sulfonamides is 1. The third kappa shape index (κ3) is 9.29. The van der Waals surface area contributed by atoms with E-state index in [2.05, 4.69) is 5.32 Å². The summed E-state index contributed by atoms with van der Waals surface area (Å²) in [6.45, 7) is 6.74. The molecule has 2 amide bonds. The first kappa shape index (κ1) is 38.6. The van der Waals surface area contributed by atoms with Crippen molar-refractivity contribution >= 4 is 50.7 Å². The molecule has 0 aliphatic heterocycles. The van der Waals surface area contributed by atoms with E-state index in [-0.39, 0.29) is 41.2 Å². The smallest absolute Gasteiger partial charge is 0.264 e. The predicted molar refractivity (Wildman–Crippen MR) is 199 cm³/mol. The zero-order valence-corrected chi connectivity index (χ0v) is 31.4. The van der Waals surface area contributed by atoms with Gasteiger partial charge in [0.25, 0.3) is 10.0 Å². The number of carbonyl (C=O) groups excluding carboxylic acids is 2. The molecule has 4 aromatic carbocycles. The van der Waals surface area contributed by atoms with Gasteiger partial charge in [0.2, 0.25) is 11.8 Å². The molecule has 0 heterocycles. The van der Waals surface area contributed by atoms with E-state index in [9.17, 15) is 18.0 Å². The molecule has 50 heavy (non-hydrogen) atoms. The summed E-state index contributed by atoms with van der Waals surface area (Å²) in [6, 6.07) is 22.6. The van der Waals surface area contributed by atoms with Crippen molar-refractivity contribution in [3.05, 3.63) is 117 Å². The molecule has 0 unspecified atom stereocenters. The largest absolute Gasteiger partial charge is 0.493 e. The lowest BCUT2D eigenvalue weighted by molar-refractivity contribution is -0.140. The van der Waals surface area contributed by atoms with Crippen LogP contribution < -0.4 is 19.1 Å². The minimum atomic E-state index is -4.39. The minimum absolute atomic E-state index is 0.113. The van der Waals surface area contributed by atoms with Gasteiger partial charge in [-0.2, -0.15) is 0 Å². The first-order chi connectivity index (χ1) is 23.8. The number of aryl methyl sites for hydroxylation is 2. The Balaban J connectivity index is 1.89. The number of benzene rings is 4. The van der Waals surface area contributed by atoms with E-state index in [0.717, 1.165) is 21.0 Å². The second kappa shape index (κ2) is 17.1. The zero-order chi connectivity index (χ0) is 36.6. The number of hydrogen-bond acceptors (Lipinski definition) is 6. The van der Waals surface area contributed by atoms with Gasteiger partial charge in [-0.15, -0.1) is 0 Å². The minimum Gasteiger partial charge on any atom is -0.493 e. The van der Waals surface area contributed by atoms with Gasteiger partial charge in [0.15, 0.2) is 11.5 Å². The molecule has 12 heteroatoms. The fourth-order valence-corrected chi connectivity index (χ4v) is 7.51. The molecule has 4 aromatic rings. The molecule has 266 valence electrons. The number of anilines is 1. The molecule has 0 radical (unpaired) electrons. The average Bonchev–Trinajstić information content (AvgIpc) is 3.09. The third-order valence-electron chi connectivity index (χ3n) is 8.38. The van der Waals surface area contributed by atoms with Crippen LogP contribution in [0, 0.1) is 13.8 Å². The Labute approximate surface area is 305 Å². The van der Waals surface area contributed by atoms with Gasteiger partial charge in [0.1, 0.15) is 12.6 Å². The van der Waals surface area contributed by atoms with Crippen molar-refractivity contribution in [2.75, 3.05) is 25.1 Å². The summed E-state index contributed by atoms with van der Waals surface area (Å²) >= 11 is 13.2. The van der Waals surface area contributed by atoms with Gasteiger partial charge in [-0.25, -0.2) is 8.42 Å². The summed E-state index contributed by atoms with van der Waals surface area (Å²) in [5.74, 6) is -0.468. The van der Waals surface area contributed by atoms with E-state index >= 15 is 0 Å². The number of nitrogens with one attached hydrogen (secondary N) is 1. The van der Waals surface area contributed by atoms with Crippen LogP contribution in [0.25, 0.3) is 0 Å². The van der Waals surface area contributed by atoms with Gasteiger partial charge in [-0.1, -0.05) is 72.6 Å². The summed E-state index contributed by atoms with van der Waals surface area (Å²) in [4.78, 5) is 30.2. The van der Waals surface area contributed by atoms with Gasteiger partial charge in [-0.3, -0.25) is 13.9 Å². The molecule has 0 aliphatic carbocycles. The summed E-state index contributed by atoms with van der Waals surface area (Å²) in [7, 11) is -1.53. The van der Waals surface area contributed by atoms with E-state index in [1.165, 1.54) is 37.3 Å². The van der Waals surface area contributed by atoms with Crippen LogP contribution in [0.4, 0.5) is 5.69 Å². The van der Waals surface area contributed by atoms with Gasteiger partial charge in [0, 0.05) is 40.7 Å². The molecule has 1 N–H and O–H groups in total. The van der Waals surface area contributed by atoms with E-state index in [0.29, 0.717) is 27.8 Å². The van der Waals surface area contributed by atoms with Crippen molar-refractivity contribution in [2.45, 2.75) is 64.1 Å². The second-order valence-electron chi connectivity index (χ2n) is 12.1. The first-order valence-electron chi connectivity index (χ1n) is 16.2. The topological polar surface area (TPSA) is 105 Å². The fourth-order valence-electron chi connectivity index (χ4n) is 5.58. The van der Waals surface area contributed by atoms with Crippen molar-refractivity contribution < 1.29 is 27.5 Å². The van der Waals surface area contributed by atoms with Crippen LogP contribution in [-0.4, -0.2) is 58.0 Å². The molecule has 0 saturated carbocycles. The van der Waals surface area contributed by atoms with E-state index in [1.54, 1.807) is 30.3 Å². The normalized spacial score (nSPS) is 12.5. The van der Waals surface area contributed by atoms with Crippen LogP contribution in [0.5, 0.6) is 11.5 Å². The van der Waals surface area contributed by atoms with Gasteiger partial charge in [-0.05, 0) is 80.3 Å². The molecule has 9 nitrogen and oxygen atoms in total. The standard InChI is InChI=1S/C38H43Cl2N3O6S/c1-7-27(4)41-38(45)34(21-28-12-9-8-10-13-28)42(23-31-32(39)14-11-15-33(31)40)37(44)24-43(29-19-25(2)18-26(3)20-29)50(46,47)30-16-17-35(48-5)36(22-30)49-6/h8-20,22,27,34H,7,21,23-24H2,1-6H3,(H,41,45)/t27-,34-/m0/s1. The Morgan fingerprint density at radius 3 is 2.04 bits per heavy atom. The molecular weight excluding hydrogens is 697 g/mol. The van der Waals surface area contributed by atoms with E-state index in [4.69, 9.17) is 32.7 Å². The summed E-state index contributed by atoms with van der Waals surface area (Å²) in [5, 5.41) is 3.63. The lowest BCUT2D eigenvalue weighted by Gasteiger charge is -2.34. The SMILES string of the molecule is CC[C@H](C)NC(=O)[C@H](Cc1ccccc1)N(Cc1c(Cl)cccc1Cl)C(=O)CN(c1cc(C)cc(C)c1)S(=O)(=O)c1ccc(OC)c(OC)c1. The molecule has 0 spiro atoms. The summed E-state index contributed by atoms with van der Waals surface area (Å²) in [6.07, 6.45) is 0.820. The second-order valence-corrected chi connectivity index (χ2v) is 14.8. The monoisotopic (exact) mass is 739 g/mol. The highest BCUT2D eigenvalue weighted by Gasteiger charge is 2.36. The van der Waals surface area contributed by atoms with Crippen LogP contribution in [0.3, 0.4) is 0 Å². The molecule has 0 aromatic heterocycles. The Hall–Kier alpha value is -4.25. The number of rotatable bonds is 15. The maximum Gasteiger partial charge on any atom is 0.264 e. The van der Waals surface area contributed by atoms with Gasteiger partial charge < -0.3 is 19.7 Å². The molecular formula is C38H43Cl2N3O6S. The van der Waals surface area contributed by atoms with Crippen molar-refractivity contribution in [1.82, 2.24) is 10.2 Å². The molecule has 0 bridgehead atoms. The maximum absolute atomic E-state index is 14.8. The maximum atomic E-state index is 14.8. The zero-order valence-electron chi connectivity index (χ0n) is 29.1.